The van der Waals surface area contributed by atoms with Gasteiger partial charge in [0.2, 0.25) is 5.91 Å². The molecule has 0 aromatic heterocycles. The van der Waals surface area contributed by atoms with Crippen LogP contribution in [0.4, 0.5) is 0 Å². The van der Waals surface area contributed by atoms with E-state index in [1.807, 2.05) is 30.3 Å². The normalized spacial score (nSPS) is 18.7. The number of ether oxygens (including phenoxy) is 1. The van der Waals surface area contributed by atoms with E-state index in [0.717, 1.165) is 31.2 Å². The summed E-state index contributed by atoms with van der Waals surface area (Å²) < 4.78 is 4.87. The van der Waals surface area contributed by atoms with E-state index >= 15 is 0 Å². The van der Waals surface area contributed by atoms with Gasteiger partial charge in [-0.1, -0.05) is 43.2 Å². The second-order valence-electron chi connectivity index (χ2n) is 5.47. The molecule has 1 aliphatic carbocycles. The maximum absolute atomic E-state index is 12.6. The Hall–Kier alpha value is -1.39. The molecule has 0 aliphatic heterocycles. The average Bonchev–Trinajstić information content (AvgIpc) is 2.97. The summed E-state index contributed by atoms with van der Waals surface area (Å²) in [5.74, 6) is 0.0244. The lowest BCUT2D eigenvalue weighted by molar-refractivity contribution is -0.127. The van der Waals surface area contributed by atoms with Crippen molar-refractivity contribution in [3.8, 4) is 0 Å². The van der Waals surface area contributed by atoms with Crippen LogP contribution in [0, 0.1) is 0 Å². The molecule has 4 heteroatoms. The number of carbonyl (C=O) groups is 1. The van der Waals surface area contributed by atoms with Crippen LogP contribution in [0.3, 0.4) is 0 Å². The zero-order valence-corrected chi connectivity index (χ0v) is 12.0. The molecule has 20 heavy (non-hydrogen) atoms. The molecule has 1 aromatic rings. The minimum Gasteiger partial charge on any atom is -0.389 e. The van der Waals surface area contributed by atoms with Gasteiger partial charge in [-0.3, -0.25) is 4.79 Å². The highest BCUT2D eigenvalue weighted by Gasteiger charge is 2.42. The highest BCUT2D eigenvalue weighted by atomic mass is 16.5. The summed E-state index contributed by atoms with van der Waals surface area (Å²) in [7, 11) is 1.54. The Morgan fingerprint density at radius 2 is 2.00 bits per heavy atom. The number of rotatable bonds is 6. The molecule has 1 aromatic carbocycles. The SMILES string of the molecule is COCC(O)CNC(=O)C1(c2ccccc2)CCCC1. The van der Waals surface area contributed by atoms with Crippen molar-refractivity contribution in [1.82, 2.24) is 5.32 Å². The fraction of sp³-hybridized carbons (Fsp3) is 0.562. The maximum Gasteiger partial charge on any atom is 0.230 e. The summed E-state index contributed by atoms with van der Waals surface area (Å²) >= 11 is 0. The first-order chi connectivity index (χ1) is 9.69. The number of aliphatic hydroxyl groups excluding tert-OH is 1. The molecule has 1 unspecified atom stereocenters. The molecule has 1 amide bonds. The first kappa shape index (κ1) is 15.0. The van der Waals surface area contributed by atoms with Crippen LogP contribution >= 0.6 is 0 Å². The Bertz CT molecular complexity index is 427. The van der Waals surface area contributed by atoms with Gasteiger partial charge >= 0.3 is 0 Å². The maximum atomic E-state index is 12.6. The highest BCUT2D eigenvalue weighted by molar-refractivity contribution is 5.88. The Kier molecular flexibility index (Phi) is 5.15. The van der Waals surface area contributed by atoms with E-state index in [-0.39, 0.29) is 19.1 Å². The third kappa shape index (κ3) is 3.19. The lowest BCUT2D eigenvalue weighted by atomic mass is 9.78. The first-order valence-electron chi connectivity index (χ1n) is 7.20. The Morgan fingerprint density at radius 3 is 2.60 bits per heavy atom. The van der Waals surface area contributed by atoms with E-state index in [0.29, 0.717) is 0 Å². The molecule has 110 valence electrons. The number of benzene rings is 1. The molecule has 0 bridgehead atoms. The molecule has 1 saturated carbocycles. The van der Waals surface area contributed by atoms with Crippen molar-refractivity contribution in [2.45, 2.75) is 37.2 Å². The van der Waals surface area contributed by atoms with Gasteiger partial charge in [0.25, 0.3) is 0 Å². The third-order valence-corrected chi connectivity index (χ3v) is 4.08. The van der Waals surface area contributed by atoms with Crippen LogP contribution in [-0.2, 0) is 14.9 Å². The Labute approximate surface area is 120 Å². The summed E-state index contributed by atoms with van der Waals surface area (Å²) in [4.78, 5) is 12.6. The van der Waals surface area contributed by atoms with Crippen molar-refractivity contribution in [3.63, 3.8) is 0 Å². The summed E-state index contributed by atoms with van der Waals surface area (Å²) in [6.45, 7) is 0.472. The minimum absolute atomic E-state index is 0.0244. The van der Waals surface area contributed by atoms with Gasteiger partial charge in [-0.25, -0.2) is 0 Å². The summed E-state index contributed by atoms with van der Waals surface area (Å²) in [6.07, 6.45) is 3.25. The van der Waals surface area contributed by atoms with Crippen molar-refractivity contribution >= 4 is 5.91 Å². The molecule has 2 N–H and O–H groups in total. The molecule has 2 rings (SSSR count). The van der Waals surface area contributed by atoms with Crippen molar-refractivity contribution in [2.24, 2.45) is 0 Å². The zero-order valence-electron chi connectivity index (χ0n) is 12.0. The van der Waals surface area contributed by atoms with E-state index < -0.39 is 11.5 Å². The number of amides is 1. The van der Waals surface area contributed by atoms with Crippen LogP contribution in [-0.4, -0.2) is 37.4 Å². The van der Waals surface area contributed by atoms with E-state index in [2.05, 4.69) is 5.32 Å². The molecule has 1 aliphatic rings. The van der Waals surface area contributed by atoms with Crippen LogP contribution in [0.5, 0.6) is 0 Å². The standard InChI is InChI=1S/C16H23NO3/c1-20-12-14(18)11-17-15(19)16(9-5-6-10-16)13-7-3-2-4-8-13/h2-4,7-8,14,18H,5-6,9-12H2,1H3,(H,17,19). The van der Waals surface area contributed by atoms with Crippen molar-refractivity contribution in [2.75, 3.05) is 20.3 Å². The minimum atomic E-state index is -0.654. The van der Waals surface area contributed by atoms with E-state index in [4.69, 9.17) is 4.74 Å². The molecule has 1 fully saturated rings. The van der Waals surface area contributed by atoms with Crippen molar-refractivity contribution in [3.05, 3.63) is 35.9 Å². The van der Waals surface area contributed by atoms with Crippen molar-refractivity contribution < 1.29 is 14.6 Å². The molecule has 0 spiro atoms. The van der Waals surface area contributed by atoms with Crippen molar-refractivity contribution in [1.29, 1.82) is 0 Å². The van der Waals surface area contributed by atoms with Gasteiger partial charge in [0, 0.05) is 13.7 Å². The zero-order chi connectivity index (χ0) is 14.4. The smallest absolute Gasteiger partial charge is 0.230 e. The molecule has 0 heterocycles. The predicted octanol–water partition coefficient (Wildman–Crippen LogP) is 1.62. The first-order valence-corrected chi connectivity index (χ1v) is 7.20. The fourth-order valence-electron chi connectivity index (χ4n) is 3.01. The van der Waals surface area contributed by atoms with Crippen LogP contribution in [0.15, 0.2) is 30.3 Å². The largest absolute Gasteiger partial charge is 0.389 e. The van der Waals surface area contributed by atoms with Gasteiger partial charge in [-0.15, -0.1) is 0 Å². The Balaban J connectivity index is 2.07. The molecule has 1 atom stereocenters. The molecule has 0 radical (unpaired) electrons. The number of methoxy groups -OCH3 is 1. The van der Waals surface area contributed by atoms with Gasteiger partial charge in [-0.05, 0) is 18.4 Å². The van der Waals surface area contributed by atoms with Crippen LogP contribution in [0.25, 0.3) is 0 Å². The number of hydrogen-bond acceptors (Lipinski definition) is 3. The molecule has 0 saturated heterocycles. The second-order valence-corrected chi connectivity index (χ2v) is 5.47. The monoisotopic (exact) mass is 277 g/mol. The topological polar surface area (TPSA) is 58.6 Å². The Morgan fingerprint density at radius 1 is 1.35 bits per heavy atom. The second kappa shape index (κ2) is 6.86. The number of hydrogen-bond donors (Lipinski definition) is 2. The van der Waals surface area contributed by atoms with Gasteiger partial charge in [0.1, 0.15) is 0 Å². The lowest BCUT2D eigenvalue weighted by Crippen LogP contribution is -2.45. The van der Waals surface area contributed by atoms with Gasteiger partial charge in [0.05, 0.1) is 18.1 Å². The summed E-state index contributed by atoms with van der Waals surface area (Å²) in [5.41, 5.74) is 0.657. The number of aliphatic hydroxyl groups is 1. The van der Waals surface area contributed by atoms with Crippen LogP contribution < -0.4 is 5.32 Å². The summed E-state index contributed by atoms with van der Waals surface area (Å²) in [5, 5.41) is 12.5. The highest BCUT2D eigenvalue weighted by Crippen LogP contribution is 2.41. The van der Waals surface area contributed by atoms with E-state index in [1.54, 1.807) is 0 Å². The predicted molar refractivity (Wildman–Crippen MR) is 77.5 cm³/mol. The third-order valence-electron chi connectivity index (χ3n) is 4.08. The fourth-order valence-corrected chi connectivity index (χ4v) is 3.01. The molecular weight excluding hydrogens is 254 g/mol. The number of carbonyl (C=O) groups excluding carboxylic acids is 1. The van der Waals surface area contributed by atoms with Gasteiger partial charge in [0.15, 0.2) is 0 Å². The average molecular weight is 277 g/mol. The van der Waals surface area contributed by atoms with E-state index in [1.165, 1.54) is 7.11 Å². The number of nitrogens with one attached hydrogen (secondary N) is 1. The lowest BCUT2D eigenvalue weighted by Gasteiger charge is -2.28. The van der Waals surface area contributed by atoms with Crippen LogP contribution in [0.1, 0.15) is 31.2 Å². The molecule has 4 nitrogen and oxygen atoms in total. The van der Waals surface area contributed by atoms with Gasteiger partial charge in [-0.2, -0.15) is 0 Å². The van der Waals surface area contributed by atoms with E-state index in [9.17, 15) is 9.90 Å². The van der Waals surface area contributed by atoms with Crippen LogP contribution in [0.2, 0.25) is 0 Å². The quantitative estimate of drug-likeness (QED) is 0.831. The van der Waals surface area contributed by atoms with Gasteiger partial charge < -0.3 is 15.2 Å². The molecular formula is C16H23NO3. The summed E-state index contributed by atoms with van der Waals surface area (Å²) in [6, 6.07) is 9.96.